The number of esters is 1. The SMILES string of the molecule is COC(=O)C[C@H]1[C@H]2CC[C@@]3(CC[C@H]4[C@@](C)(CCC[C@@]4(C)C(=O)O)[C@@H]3C2)[C@@H]1O. The number of hydrogen-bond acceptors (Lipinski definition) is 4. The fourth-order valence-corrected chi connectivity index (χ4v) is 8.28. The maximum Gasteiger partial charge on any atom is 0.309 e. The molecule has 5 fully saturated rings. The number of aliphatic carboxylic acids is 1. The number of carbonyl (C=O) groups is 2. The van der Waals surface area contributed by atoms with Crippen molar-refractivity contribution in [1.29, 1.82) is 0 Å². The van der Waals surface area contributed by atoms with Gasteiger partial charge in [-0.2, -0.15) is 0 Å². The number of aliphatic hydroxyl groups is 1. The van der Waals surface area contributed by atoms with Crippen LogP contribution in [-0.4, -0.2) is 35.4 Å². The summed E-state index contributed by atoms with van der Waals surface area (Å²) in [6.07, 6.45) is 7.52. The average molecular weight is 379 g/mol. The molecule has 5 rings (SSSR count). The Balaban J connectivity index is 1.68. The van der Waals surface area contributed by atoms with Crippen LogP contribution in [0.5, 0.6) is 0 Å². The highest BCUT2D eigenvalue weighted by molar-refractivity contribution is 5.75. The van der Waals surface area contributed by atoms with Crippen LogP contribution in [0.2, 0.25) is 0 Å². The van der Waals surface area contributed by atoms with Gasteiger partial charge >= 0.3 is 11.9 Å². The zero-order chi connectivity index (χ0) is 19.6. The summed E-state index contributed by atoms with van der Waals surface area (Å²) in [5.74, 6) is 0.00879. The number of ether oxygens (including phenoxy) is 1. The molecule has 0 unspecified atom stereocenters. The first-order chi connectivity index (χ1) is 12.7. The monoisotopic (exact) mass is 378 g/mol. The third-order valence-electron chi connectivity index (χ3n) is 9.60. The Morgan fingerprint density at radius 3 is 2.44 bits per heavy atom. The molecule has 0 aliphatic heterocycles. The first-order valence-electron chi connectivity index (χ1n) is 10.7. The number of rotatable bonds is 3. The smallest absolute Gasteiger partial charge is 0.309 e. The highest BCUT2D eigenvalue weighted by Crippen LogP contribution is 2.72. The molecule has 0 heterocycles. The van der Waals surface area contributed by atoms with Crippen molar-refractivity contribution in [3.63, 3.8) is 0 Å². The molecule has 5 heteroatoms. The molecule has 2 bridgehead atoms. The van der Waals surface area contributed by atoms with Gasteiger partial charge in [0.2, 0.25) is 0 Å². The van der Waals surface area contributed by atoms with E-state index in [1.807, 2.05) is 6.92 Å². The molecule has 5 saturated carbocycles. The largest absolute Gasteiger partial charge is 0.481 e. The summed E-state index contributed by atoms with van der Waals surface area (Å²) in [7, 11) is 1.41. The Morgan fingerprint density at radius 2 is 1.78 bits per heavy atom. The summed E-state index contributed by atoms with van der Waals surface area (Å²) >= 11 is 0. The van der Waals surface area contributed by atoms with E-state index in [0.29, 0.717) is 18.3 Å². The number of hydrogen-bond donors (Lipinski definition) is 2. The van der Waals surface area contributed by atoms with Gasteiger partial charge in [-0.3, -0.25) is 9.59 Å². The second kappa shape index (κ2) is 6.20. The van der Waals surface area contributed by atoms with Gasteiger partial charge in [0, 0.05) is 0 Å². The van der Waals surface area contributed by atoms with Crippen LogP contribution in [0.1, 0.15) is 71.6 Å². The minimum absolute atomic E-state index is 0.00273. The third-order valence-corrected chi connectivity index (χ3v) is 9.60. The molecule has 0 aromatic carbocycles. The lowest BCUT2D eigenvalue weighted by Crippen LogP contribution is -2.66. The van der Waals surface area contributed by atoms with Crippen molar-refractivity contribution in [1.82, 2.24) is 0 Å². The Labute approximate surface area is 161 Å². The average Bonchev–Trinajstić information content (AvgIpc) is 2.64. The number of carboxylic acid groups (broad SMARTS) is 1. The van der Waals surface area contributed by atoms with Crippen molar-refractivity contribution < 1.29 is 24.5 Å². The lowest BCUT2D eigenvalue weighted by Gasteiger charge is -2.69. The Morgan fingerprint density at radius 1 is 1.07 bits per heavy atom. The second-order valence-corrected chi connectivity index (χ2v) is 10.4. The Bertz CT molecular complexity index is 647. The Hall–Kier alpha value is -1.10. The van der Waals surface area contributed by atoms with Crippen molar-refractivity contribution in [3.8, 4) is 0 Å². The molecular formula is C22H34O5. The molecule has 1 spiro atoms. The summed E-state index contributed by atoms with van der Waals surface area (Å²) in [4.78, 5) is 24.1. The summed E-state index contributed by atoms with van der Waals surface area (Å²) in [6, 6.07) is 0. The summed E-state index contributed by atoms with van der Waals surface area (Å²) in [5, 5.41) is 21.4. The van der Waals surface area contributed by atoms with Crippen LogP contribution in [0, 0.1) is 39.9 Å². The van der Waals surface area contributed by atoms with E-state index < -0.39 is 17.5 Å². The van der Waals surface area contributed by atoms with E-state index in [-0.39, 0.29) is 28.6 Å². The highest BCUT2D eigenvalue weighted by Gasteiger charge is 2.68. The van der Waals surface area contributed by atoms with Gasteiger partial charge in [0.15, 0.2) is 0 Å². The van der Waals surface area contributed by atoms with Crippen molar-refractivity contribution >= 4 is 11.9 Å². The van der Waals surface area contributed by atoms with Crippen LogP contribution < -0.4 is 0 Å². The van der Waals surface area contributed by atoms with E-state index in [4.69, 9.17) is 4.74 Å². The van der Waals surface area contributed by atoms with E-state index in [1.54, 1.807) is 0 Å². The fourth-order valence-electron chi connectivity index (χ4n) is 8.28. The summed E-state index contributed by atoms with van der Waals surface area (Å²) < 4.78 is 4.89. The molecule has 0 radical (unpaired) electrons. The van der Waals surface area contributed by atoms with E-state index in [2.05, 4.69) is 6.92 Å². The van der Waals surface area contributed by atoms with Gasteiger partial charge < -0.3 is 14.9 Å². The molecule has 5 aliphatic rings. The van der Waals surface area contributed by atoms with E-state index in [9.17, 15) is 19.8 Å². The second-order valence-electron chi connectivity index (χ2n) is 10.4. The van der Waals surface area contributed by atoms with E-state index in [0.717, 1.165) is 51.4 Å². The molecule has 27 heavy (non-hydrogen) atoms. The fraction of sp³-hybridized carbons (Fsp3) is 0.909. The van der Waals surface area contributed by atoms with Gasteiger partial charge in [-0.15, -0.1) is 0 Å². The van der Waals surface area contributed by atoms with E-state index >= 15 is 0 Å². The van der Waals surface area contributed by atoms with Crippen LogP contribution in [-0.2, 0) is 14.3 Å². The number of aliphatic hydroxyl groups excluding tert-OH is 1. The number of carbonyl (C=O) groups excluding carboxylic acids is 1. The van der Waals surface area contributed by atoms with Gasteiger partial charge in [-0.1, -0.05) is 13.3 Å². The molecule has 0 aromatic heterocycles. The predicted molar refractivity (Wildman–Crippen MR) is 99.8 cm³/mol. The first-order valence-corrected chi connectivity index (χ1v) is 10.7. The van der Waals surface area contributed by atoms with Gasteiger partial charge in [-0.05, 0) is 86.4 Å². The van der Waals surface area contributed by atoms with Gasteiger partial charge in [-0.25, -0.2) is 0 Å². The molecule has 5 aliphatic carbocycles. The van der Waals surface area contributed by atoms with Crippen molar-refractivity contribution in [2.75, 3.05) is 7.11 Å². The maximum atomic E-state index is 12.2. The van der Waals surface area contributed by atoms with Crippen molar-refractivity contribution in [3.05, 3.63) is 0 Å². The number of methoxy groups -OCH3 is 1. The van der Waals surface area contributed by atoms with Crippen LogP contribution in [0.3, 0.4) is 0 Å². The Kier molecular flexibility index (Phi) is 4.41. The molecule has 5 nitrogen and oxygen atoms in total. The minimum Gasteiger partial charge on any atom is -0.481 e. The molecule has 2 N–H and O–H groups in total. The van der Waals surface area contributed by atoms with Gasteiger partial charge in [0.05, 0.1) is 25.0 Å². The molecular weight excluding hydrogens is 344 g/mol. The number of carboxylic acids is 1. The van der Waals surface area contributed by atoms with Crippen molar-refractivity contribution in [2.45, 2.75) is 77.7 Å². The lowest BCUT2D eigenvalue weighted by molar-refractivity contribution is -0.245. The third kappa shape index (κ3) is 2.46. The topological polar surface area (TPSA) is 83.8 Å². The predicted octanol–water partition coefficient (Wildman–Crippen LogP) is 3.63. The summed E-state index contributed by atoms with van der Waals surface area (Å²) in [6.45, 7) is 4.26. The quantitative estimate of drug-likeness (QED) is 0.733. The van der Waals surface area contributed by atoms with Crippen molar-refractivity contribution in [2.24, 2.45) is 39.9 Å². The van der Waals surface area contributed by atoms with Crippen LogP contribution in [0.25, 0.3) is 0 Å². The number of fused-ring (bicyclic) bond motifs is 3. The van der Waals surface area contributed by atoms with E-state index in [1.165, 1.54) is 7.11 Å². The standard InChI is InChI=1S/C22H34O5/c1-20-7-4-8-21(2,19(25)26)15(20)6-10-22-9-5-13(11-16(20)22)14(18(22)24)12-17(23)27-3/h13-16,18,24H,4-12H2,1-3H3,(H,25,26)/t13-,14-,15-,16-,18+,20+,21+,22-/m0/s1. The van der Waals surface area contributed by atoms with Gasteiger partial charge in [0.25, 0.3) is 0 Å². The minimum atomic E-state index is -0.653. The zero-order valence-corrected chi connectivity index (χ0v) is 16.9. The maximum absolute atomic E-state index is 12.2. The van der Waals surface area contributed by atoms with Crippen LogP contribution >= 0.6 is 0 Å². The molecule has 152 valence electrons. The molecule has 0 amide bonds. The zero-order valence-electron chi connectivity index (χ0n) is 16.9. The molecule has 8 atom stereocenters. The van der Waals surface area contributed by atoms with Crippen LogP contribution in [0.15, 0.2) is 0 Å². The van der Waals surface area contributed by atoms with Gasteiger partial charge in [0.1, 0.15) is 0 Å². The molecule has 0 aromatic rings. The normalized spacial score (nSPS) is 51.2. The molecule has 0 saturated heterocycles. The van der Waals surface area contributed by atoms with Crippen LogP contribution in [0.4, 0.5) is 0 Å². The lowest BCUT2D eigenvalue weighted by atomic mass is 9.35. The first kappa shape index (κ1) is 19.2. The summed E-state index contributed by atoms with van der Waals surface area (Å²) in [5.41, 5.74) is -0.823. The highest BCUT2D eigenvalue weighted by atomic mass is 16.5.